The van der Waals surface area contributed by atoms with Gasteiger partial charge in [-0.15, -0.1) is 5.10 Å². The fourth-order valence-corrected chi connectivity index (χ4v) is 3.20. The van der Waals surface area contributed by atoms with Gasteiger partial charge in [-0.25, -0.2) is 4.98 Å². The van der Waals surface area contributed by atoms with Gasteiger partial charge in [-0.1, -0.05) is 52.9 Å². The smallest absolute Gasteiger partial charge is 0.212 e. The maximum atomic E-state index is 4.61. The number of fused-ring (bicyclic) bond motifs is 1. The molecule has 0 N–H and O–H groups in total. The molecule has 0 atom stereocenters. The molecule has 0 aliphatic rings. The van der Waals surface area contributed by atoms with Crippen LogP contribution in [-0.2, 0) is 0 Å². The van der Waals surface area contributed by atoms with Crippen LogP contribution in [0.1, 0.15) is 5.56 Å². The Bertz CT molecular complexity index is 908. The number of nitrogens with zero attached hydrogens (tertiary/aromatic N) is 4. The molecule has 0 saturated carbocycles. The third-order valence-electron chi connectivity index (χ3n) is 3.29. The van der Waals surface area contributed by atoms with E-state index in [-0.39, 0.29) is 0 Å². The minimum Gasteiger partial charge on any atom is -0.218 e. The van der Waals surface area contributed by atoms with Crippen LogP contribution in [-0.4, -0.2) is 20.0 Å². The van der Waals surface area contributed by atoms with E-state index in [2.05, 4.69) is 34.4 Å². The van der Waals surface area contributed by atoms with Gasteiger partial charge in [0.1, 0.15) is 5.69 Å². The van der Waals surface area contributed by atoms with Crippen LogP contribution in [0.4, 0.5) is 0 Å². The van der Waals surface area contributed by atoms with Crippen LogP contribution in [0.5, 0.6) is 0 Å². The molecule has 0 amide bonds. The second kappa shape index (κ2) is 4.79. The highest BCUT2D eigenvalue weighted by Gasteiger charge is 2.09. The first-order valence-electron chi connectivity index (χ1n) is 6.65. The molecule has 4 aromatic rings. The molecule has 0 saturated heterocycles. The SMILES string of the molecule is Cc1ccc2nc(-n3cc(-c4ccccc4)nn3)sc2c1. The predicted octanol–water partition coefficient (Wildman–Crippen LogP) is 3.85. The van der Waals surface area contributed by atoms with E-state index < -0.39 is 0 Å². The molecule has 0 aliphatic heterocycles. The number of thiazole rings is 1. The van der Waals surface area contributed by atoms with Crippen LogP contribution >= 0.6 is 11.3 Å². The van der Waals surface area contributed by atoms with Gasteiger partial charge in [0.05, 0.1) is 16.4 Å². The molecule has 2 aromatic carbocycles. The summed E-state index contributed by atoms with van der Waals surface area (Å²) in [5.74, 6) is 0. The minimum atomic E-state index is 0.838. The highest BCUT2D eigenvalue weighted by Crippen LogP contribution is 2.26. The summed E-state index contributed by atoms with van der Waals surface area (Å²) >= 11 is 1.62. The summed E-state index contributed by atoms with van der Waals surface area (Å²) < 4.78 is 2.91. The molecule has 0 bridgehead atoms. The van der Waals surface area contributed by atoms with Gasteiger partial charge in [-0.05, 0) is 24.6 Å². The van der Waals surface area contributed by atoms with Crippen molar-refractivity contribution in [2.75, 3.05) is 0 Å². The Kier molecular flexibility index (Phi) is 2.79. The molecule has 4 nitrogen and oxygen atoms in total. The van der Waals surface area contributed by atoms with Crippen molar-refractivity contribution < 1.29 is 0 Å². The lowest BCUT2D eigenvalue weighted by molar-refractivity contribution is 0.799. The van der Waals surface area contributed by atoms with E-state index in [0.29, 0.717) is 0 Å². The molecule has 21 heavy (non-hydrogen) atoms. The lowest BCUT2D eigenvalue weighted by Gasteiger charge is -1.92. The van der Waals surface area contributed by atoms with E-state index in [4.69, 9.17) is 0 Å². The van der Waals surface area contributed by atoms with Gasteiger partial charge in [-0.3, -0.25) is 0 Å². The largest absolute Gasteiger partial charge is 0.218 e. The van der Waals surface area contributed by atoms with Gasteiger partial charge in [0.15, 0.2) is 0 Å². The number of hydrogen-bond donors (Lipinski definition) is 0. The molecule has 0 radical (unpaired) electrons. The Balaban J connectivity index is 1.77. The monoisotopic (exact) mass is 292 g/mol. The Hall–Kier alpha value is -2.53. The van der Waals surface area contributed by atoms with Crippen molar-refractivity contribution in [3.8, 4) is 16.4 Å². The number of hydrogen-bond acceptors (Lipinski definition) is 4. The van der Waals surface area contributed by atoms with Crippen molar-refractivity contribution in [1.29, 1.82) is 0 Å². The zero-order valence-electron chi connectivity index (χ0n) is 11.4. The fourth-order valence-electron chi connectivity index (χ4n) is 2.22. The van der Waals surface area contributed by atoms with Crippen molar-refractivity contribution in [3.63, 3.8) is 0 Å². The maximum absolute atomic E-state index is 4.61. The van der Waals surface area contributed by atoms with E-state index in [1.165, 1.54) is 10.3 Å². The molecule has 0 unspecified atom stereocenters. The second-order valence-corrected chi connectivity index (χ2v) is 5.89. The molecule has 0 aliphatic carbocycles. The Morgan fingerprint density at radius 1 is 1.05 bits per heavy atom. The quantitative estimate of drug-likeness (QED) is 0.563. The first kappa shape index (κ1) is 12.2. The average Bonchev–Trinajstić information content (AvgIpc) is 3.14. The van der Waals surface area contributed by atoms with Crippen LogP contribution in [0.3, 0.4) is 0 Å². The van der Waals surface area contributed by atoms with E-state index in [1.54, 1.807) is 16.0 Å². The number of benzene rings is 2. The van der Waals surface area contributed by atoms with Gasteiger partial charge >= 0.3 is 0 Å². The third-order valence-corrected chi connectivity index (χ3v) is 4.30. The highest BCUT2D eigenvalue weighted by molar-refractivity contribution is 7.20. The number of rotatable bonds is 2. The normalized spacial score (nSPS) is 11.1. The summed E-state index contributed by atoms with van der Waals surface area (Å²) in [6, 6.07) is 16.3. The van der Waals surface area contributed by atoms with Gasteiger partial charge < -0.3 is 0 Å². The van der Waals surface area contributed by atoms with Crippen LogP contribution in [0, 0.1) is 6.92 Å². The second-order valence-electron chi connectivity index (χ2n) is 4.88. The van der Waals surface area contributed by atoms with Crippen LogP contribution in [0.25, 0.3) is 26.6 Å². The summed E-state index contributed by atoms with van der Waals surface area (Å²) in [4.78, 5) is 4.61. The van der Waals surface area contributed by atoms with Crippen molar-refractivity contribution in [1.82, 2.24) is 20.0 Å². The summed E-state index contributed by atoms with van der Waals surface area (Å²) in [7, 11) is 0. The van der Waals surface area contributed by atoms with Crippen molar-refractivity contribution >= 4 is 21.6 Å². The molecular weight excluding hydrogens is 280 g/mol. The van der Waals surface area contributed by atoms with E-state index >= 15 is 0 Å². The zero-order chi connectivity index (χ0) is 14.2. The van der Waals surface area contributed by atoms with Gasteiger partial charge in [0, 0.05) is 5.56 Å². The molecule has 5 heteroatoms. The summed E-state index contributed by atoms with van der Waals surface area (Å²) in [5.41, 5.74) is 4.14. The molecular formula is C16H12N4S. The molecule has 4 rings (SSSR count). The minimum absolute atomic E-state index is 0.838. The van der Waals surface area contributed by atoms with Gasteiger partial charge in [-0.2, -0.15) is 4.68 Å². The van der Waals surface area contributed by atoms with E-state index in [0.717, 1.165) is 21.9 Å². The highest BCUT2D eigenvalue weighted by atomic mass is 32.1. The Labute approximate surface area is 125 Å². The Morgan fingerprint density at radius 2 is 1.90 bits per heavy atom. The molecule has 2 heterocycles. The number of aryl methyl sites for hydroxylation is 1. The molecule has 0 fully saturated rings. The summed E-state index contributed by atoms with van der Waals surface area (Å²) in [6.07, 6.45) is 1.92. The van der Waals surface area contributed by atoms with Gasteiger partial charge in [0.25, 0.3) is 0 Å². The first-order valence-corrected chi connectivity index (χ1v) is 7.46. The first-order chi connectivity index (χ1) is 10.3. The third kappa shape index (κ3) is 2.21. The zero-order valence-corrected chi connectivity index (χ0v) is 12.2. The topological polar surface area (TPSA) is 43.6 Å². The standard InChI is InChI=1S/C16H12N4S/c1-11-7-8-13-15(9-11)21-16(17-13)20-10-14(18-19-20)12-5-3-2-4-6-12/h2-10H,1H3. The lowest BCUT2D eigenvalue weighted by atomic mass is 10.2. The van der Waals surface area contributed by atoms with E-state index in [9.17, 15) is 0 Å². The molecule has 2 aromatic heterocycles. The van der Waals surface area contributed by atoms with Crippen LogP contribution in [0.15, 0.2) is 54.7 Å². The fraction of sp³-hybridized carbons (Fsp3) is 0.0625. The van der Waals surface area contributed by atoms with Gasteiger partial charge in [0.2, 0.25) is 5.13 Å². The average molecular weight is 292 g/mol. The lowest BCUT2D eigenvalue weighted by Crippen LogP contribution is -1.92. The summed E-state index contributed by atoms with van der Waals surface area (Å²) in [5, 5.41) is 9.26. The Morgan fingerprint density at radius 3 is 2.76 bits per heavy atom. The predicted molar refractivity (Wildman–Crippen MR) is 84.7 cm³/mol. The number of aromatic nitrogens is 4. The van der Waals surface area contributed by atoms with E-state index in [1.807, 2.05) is 42.6 Å². The molecule has 0 spiro atoms. The van der Waals surface area contributed by atoms with Crippen molar-refractivity contribution in [2.45, 2.75) is 6.92 Å². The van der Waals surface area contributed by atoms with Crippen LogP contribution in [0.2, 0.25) is 0 Å². The maximum Gasteiger partial charge on any atom is 0.212 e. The van der Waals surface area contributed by atoms with Crippen molar-refractivity contribution in [3.05, 3.63) is 60.3 Å². The summed E-state index contributed by atoms with van der Waals surface area (Å²) in [6.45, 7) is 2.09. The van der Waals surface area contributed by atoms with Crippen molar-refractivity contribution in [2.24, 2.45) is 0 Å². The van der Waals surface area contributed by atoms with Crippen LogP contribution < -0.4 is 0 Å². The molecule has 102 valence electrons.